The second-order valence-corrected chi connectivity index (χ2v) is 7.84. The molecule has 4 nitrogen and oxygen atoms in total. The summed E-state index contributed by atoms with van der Waals surface area (Å²) in [4.78, 5) is 13.8. The first kappa shape index (κ1) is 21.0. The molecule has 0 amide bonds. The zero-order valence-corrected chi connectivity index (χ0v) is 16.5. The van der Waals surface area contributed by atoms with Gasteiger partial charge in [-0.15, -0.1) is 0 Å². The standard InChI is InChI=1S/C21H29F3N2O2/c1-3-17-12-15(6-9-25-17)18-5-4-16(21(22,23)24)13-19(18)26-10-7-14(8-11-26)20(27)28-2/h4-5,13-15,17,25H,3,6-12H2,1-2H3/t15-,17+/m0/s1. The molecule has 7 heteroatoms. The van der Waals surface area contributed by atoms with Gasteiger partial charge in [-0.1, -0.05) is 13.0 Å². The molecule has 0 unspecified atom stereocenters. The normalized spacial score (nSPS) is 24.2. The van der Waals surface area contributed by atoms with E-state index in [-0.39, 0.29) is 17.8 Å². The fourth-order valence-electron chi connectivity index (χ4n) is 4.46. The number of nitrogens with zero attached hydrogens (tertiary/aromatic N) is 1. The van der Waals surface area contributed by atoms with E-state index in [1.54, 1.807) is 6.07 Å². The van der Waals surface area contributed by atoms with E-state index in [1.807, 2.05) is 4.90 Å². The van der Waals surface area contributed by atoms with Gasteiger partial charge in [0.2, 0.25) is 0 Å². The average molecular weight is 398 g/mol. The Bertz CT molecular complexity index is 685. The Hall–Kier alpha value is -1.76. The molecular formula is C21H29F3N2O2. The number of benzene rings is 1. The van der Waals surface area contributed by atoms with Crippen LogP contribution in [0, 0.1) is 5.92 Å². The second kappa shape index (κ2) is 8.72. The zero-order chi connectivity index (χ0) is 20.3. The lowest BCUT2D eigenvalue weighted by atomic mass is 9.83. The molecular weight excluding hydrogens is 369 g/mol. The predicted octanol–water partition coefficient (Wildman–Crippen LogP) is 4.34. The van der Waals surface area contributed by atoms with Crippen LogP contribution in [0.3, 0.4) is 0 Å². The van der Waals surface area contributed by atoms with E-state index >= 15 is 0 Å². The molecule has 2 atom stereocenters. The minimum absolute atomic E-state index is 0.168. The highest BCUT2D eigenvalue weighted by Gasteiger charge is 2.34. The summed E-state index contributed by atoms with van der Waals surface area (Å²) < 4.78 is 44.9. The third-order valence-electron chi connectivity index (χ3n) is 6.16. The molecule has 2 heterocycles. The molecule has 28 heavy (non-hydrogen) atoms. The van der Waals surface area contributed by atoms with Crippen molar-refractivity contribution in [2.75, 3.05) is 31.6 Å². The molecule has 0 saturated carbocycles. The van der Waals surface area contributed by atoms with Crippen LogP contribution >= 0.6 is 0 Å². The van der Waals surface area contributed by atoms with Crippen molar-refractivity contribution in [3.05, 3.63) is 29.3 Å². The molecule has 2 saturated heterocycles. The molecule has 156 valence electrons. The van der Waals surface area contributed by atoms with Crippen LogP contribution in [0.25, 0.3) is 0 Å². The summed E-state index contributed by atoms with van der Waals surface area (Å²) >= 11 is 0. The van der Waals surface area contributed by atoms with Crippen LogP contribution in [-0.4, -0.2) is 38.8 Å². The number of anilines is 1. The van der Waals surface area contributed by atoms with Gasteiger partial charge in [-0.25, -0.2) is 0 Å². The minimum atomic E-state index is -4.36. The van der Waals surface area contributed by atoms with E-state index in [0.29, 0.717) is 37.7 Å². The summed E-state index contributed by atoms with van der Waals surface area (Å²) in [7, 11) is 1.38. The monoisotopic (exact) mass is 398 g/mol. The van der Waals surface area contributed by atoms with Crippen molar-refractivity contribution in [1.82, 2.24) is 5.32 Å². The largest absolute Gasteiger partial charge is 0.469 e. The Morgan fingerprint density at radius 1 is 1.25 bits per heavy atom. The van der Waals surface area contributed by atoms with E-state index in [9.17, 15) is 18.0 Å². The number of nitrogens with one attached hydrogen (secondary N) is 1. The molecule has 2 aliphatic rings. The van der Waals surface area contributed by atoms with Crippen LogP contribution in [0.1, 0.15) is 56.1 Å². The summed E-state index contributed by atoms with van der Waals surface area (Å²) in [5.74, 6) is -0.145. The number of carbonyl (C=O) groups is 1. The van der Waals surface area contributed by atoms with Gasteiger partial charge in [-0.05, 0) is 62.3 Å². The van der Waals surface area contributed by atoms with Gasteiger partial charge < -0.3 is 15.0 Å². The number of rotatable bonds is 4. The summed E-state index contributed by atoms with van der Waals surface area (Å²) in [5, 5.41) is 3.48. The maximum Gasteiger partial charge on any atom is 0.416 e. The van der Waals surface area contributed by atoms with Crippen LogP contribution in [0.4, 0.5) is 18.9 Å². The molecule has 0 spiro atoms. The number of esters is 1. The van der Waals surface area contributed by atoms with Crippen LogP contribution in [-0.2, 0) is 15.7 Å². The van der Waals surface area contributed by atoms with Crippen molar-refractivity contribution in [1.29, 1.82) is 0 Å². The van der Waals surface area contributed by atoms with E-state index in [4.69, 9.17) is 4.74 Å². The SMILES string of the molecule is CC[C@@H]1C[C@@H](c2ccc(C(F)(F)F)cc2N2CCC(C(=O)OC)CC2)CCN1. The molecule has 0 radical (unpaired) electrons. The smallest absolute Gasteiger partial charge is 0.416 e. The summed E-state index contributed by atoms with van der Waals surface area (Å²) in [6.07, 6.45) is -0.284. The highest BCUT2D eigenvalue weighted by Crippen LogP contribution is 2.40. The lowest BCUT2D eigenvalue weighted by Crippen LogP contribution is -2.39. The van der Waals surface area contributed by atoms with Crippen LogP contribution in [0.15, 0.2) is 18.2 Å². The molecule has 1 aromatic rings. The second-order valence-electron chi connectivity index (χ2n) is 7.84. The van der Waals surface area contributed by atoms with Crippen LogP contribution in [0.2, 0.25) is 0 Å². The van der Waals surface area contributed by atoms with E-state index < -0.39 is 11.7 Å². The van der Waals surface area contributed by atoms with Crippen LogP contribution in [0.5, 0.6) is 0 Å². The Morgan fingerprint density at radius 3 is 2.57 bits per heavy atom. The quantitative estimate of drug-likeness (QED) is 0.766. The lowest BCUT2D eigenvalue weighted by Gasteiger charge is -2.37. The number of piperidine rings is 2. The first-order valence-corrected chi connectivity index (χ1v) is 10.1. The van der Waals surface area contributed by atoms with Crippen LogP contribution < -0.4 is 10.2 Å². The number of halogens is 3. The number of alkyl halides is 3. The lowest BCUT2D eigenvalue weighted by molar-refractivity contribution is -0.146. The third kappa shape index (κ3) is 4.62. The molecule has 2 aliphatic heterocycles. The summed E-state index contributed by atoms with van der Waals surface area (Å²) in [5.41, 5.74) is 1.08. The number of ether oxygens (including phenoxy) is 1. The van der Waals surface area contributed by atoms with E-state index in [2.05, 4.69) is 12.2 Å². The van der Waals surface area contributed by atoms with Crippen molar-refractivity contribution in [2.45, 2.75) is 57.2 Å². The zero-order valence-electron chi connectivity index (χ0n) is 16.5. The molecule has 0 aromatic heterocycles. The molecule has 1 aromatic carbocycles. The van der Waals surface area contributed by atoms with Crippen molar-refractivity contribution < 1.29 is 22.7 Å². The fraction of sp³-hybridized carbons (Fsp3) is 0.667. The molecule has 0 aliphatic carbocycles. The van der Waals surface area contributed by atoms with Crippen molar-refractivity contribution in [3.8, 4) is 0 Å². The van der Waals surface area contributed by atoms with Crippen molar-refractivity contribution in [3.63, 3.8) is 0 Å². The van der Waals surface area contributed by atoms with Gasteiger partial charge in [0.1, 0.15) is 0 Å². The molecule has 1 N–H and O–H groups in total. The van der Waals surface area contributed by atoms with E-state index in [0.717, 1.165) is 31.4 Å². The minimum Gasteiger partial charge on any atom is -0.469 e. The van der Waals surface area contributed by atoms with Gasteiger partial charge in [0.25, 0.3) is 0 Å². The highest BCUT2D eigenvalue weighted by atomic mass is 19.4. The summed E-state index contributed by atoms with van der Waals surface area (Å²) in [6, 6.07) is 4.59. The highest BCUT2D eigenvalue weighted by molar-refractivity contribution is 5.73. The third-order valence-corrected chi connectivity index (χ3v) is 6.16. The Labute approximate surface area is 164 Å². The van der Waals surface area contributed by atoms with E-state index in [1.165, 1.54) is 19.2 Å². The summed E-state index contributed by atoms with van der Waals surface area (Å²) in [6.45, 7) is 4.14. The van der Waals surface area contributed by atoms with Gasteiger partial charge in [-0.3, -0.25) is 4.79 Å². The van der Waals surface area contributed by atoms with Gasteiger partial charge in [0, 0.05) is 24.8 Å². The van der Waals surface area contributed by atoms with Crippen molar-refractivity contribution >= 4 is 11.7 Å². The Morgan fingerprint density at radius 2 is 1.96 bits per heavy atom. The topological polar surface area (TPSA) is 41.6 Å². The predicted molar refractivity (Wildman–Crippen MR) is 102 cm³/mol. The maximum absolute atomic E-state index is 13.3. The molecule has 3 rings (SSSR count). The fourth-order valence-corrected chi connectivity index (χ4v) is 4.46. The molecule has 0 bridgehead atoms. The van der Waals surface area contributed by atoms with Gasteiger partial charge in [-0.2, -0.15) is 13.2 Å². The Balaban J connectivity index is 1.87. The molecule has 2 fully saturated rings. The number of methoxy groups -OCH3 is 1. The van der Waals surface area contributed by atoms with Gasteiger partial charge in [0.05, 0.1) is 18.6 Å². The maximum atomic E-state index is 13.3. The first-order valence-electron chi connectivity index (χ1n) is 10.1. The number of hydrogen-bond acceptors (Lipinski definition) is 4. The first-order chi connectivity index (χ1) is 13.3. The van der Waals surface area contributed by atoms with Crippen molar-refractivity contribution in [2.24, 2.45) is 5.92 Å². The van der Waals surface area contributed by atoms with Gasteiger partial charge in [0.15, 0.2) is 0 Å². The average Bonchev–Trinajstić information content (AvgIpc) is 2.72. The Kier molecular flexibility index (Phi) is 6.53. The number of carbonyl (C=O) groups excluding carboxylic acids is 1. The van der Waals surface area contributed by atoms with Gasteiger partial charge >= 0.3 is 12.1 Å². The number of hydrogen-bond donors (Lipinski definition) is 1.